The second-order valence-corrected chi connectivity index (χ2v) is 3.78. The number of ether oxygens (including phenoxy) is 1. The number of hydrogen-bond acceptors (Lipinski definition) is 2. The molecule has 0 amide bonds. The topological polar surface area (TPSA) is 21.3 Å². The van der Waals surface area contributed by atoms with Crippen LogP contribution in [0.5, 0.6) is 0 Å². The Morgan fingerprint density at radius 2 is 2.42 bits per heavy atom. The van der Waals surface area contributed by atoms with Crippen LogP contribution in [0.1, 0.15) is 33.1 Å². The quantitative estimate of drug-likeness (QED) is 0.681. The van der Waals surface area contributed by atoms with Crippen LogP contribution in [0.25, 0.3) is 0 Å². The lowest BCUT2D eigenvalue weighted by molar-refractivity contribution is 0.0917. The molecule has 1 aliphatic rings. The molecule has 1 rings (SSSR count). The van der Waals surface area contributed by atoms with Crippen molar-refractivity contribution in [3.8, 4) is 0 Å². The minimum atomic E-state index is 0.554. The molecule has 1 heterocycles. The average molecular weight is 171 g/mol. The van der Waals surface area contributed by atoms with Crippen LogP contribution in [0, 0.1) is 5.92 Å². The van der Waals surface area contributed by atoms with Crippen LogP contribution in [0.15, 0.2) is 0 Å². The first kappa shape index (κ1) is 10.0. The molecule has 1 saturated heterocycles. The van der Waals surface area contributed by atoms with Crippen molar-refractivity contribution < 1.29 is 4.74 Å². The van der Waals surface area contributed by atoms with Crippen molar-refractivity contribution in [2.75, 3.05) is 19.7 Å². The molecule has 0 bridgehead atoms. The number of hydrogen-bond donors (Lipinski definition) is 1. The van der Waals surface area contributed by atoms with Gasteiger partial charge in [-0.25, -0.2) is 0 Å². The molecule has 0 spiro atoms. The van der Waals surface area contributed by atoms with Gasteiger partial charge in [0.1, 0.15) is 0 Å². The van der Waals surface area contributed by atoms with E-state index in [4.69, 9.17) is 4.74 Å². The normalized spacial score (nSPS) is 26.0. The van der Waals surface area contributed by atoms with Crippen LogP contribution in [0.4, 0.5) is 0 Å². The van der Waals surface area contributed by atoms with Crippen molar-refractivity contribution in [3.05, 3.63) is 0 Å². The summed E-state index contributed by atoms with van der Waals surface area (Å²) in [5, 5.41) is 3.37. The molecule has 1 aliphatic heterocycles. The van der Waals surface area contributed by atoms with Crippen molar-refractivity contribution in [1.82, 2.24) is 5.32 Å². The van der Waals surface area contributed by atoms with Gasteiger partial charge in [-0.05, 0) is 38.3 Å². The highest BCUT2D eigenvalue weighted by Gasteiger charge is 2.17. The smallest absolute Gasteiger partial charge is 0.0579 e. The summed E-state index contributed by atoms with van der Waals surface area (Å²) in [7, 11) is 0. The first-order chi connectivity index (χ1) is 5.83. The van der Waals surface area contributed by atoms with Gasteiger partial charge in [0.15, 0.2) is 0 Å². The summed E-state index contributed by atoms with van der Waals surface area (Å²) >= 11 is 0. The van der Waals surface area contributed by atoms with E-state index in [1.54, 1.807) is 0 Å². The SMILES string of the molecule is CCNCC(C)CC1CCCO1. The zero-order chi connectivity index (χ0) is 8.81. The van der Waals surface area contributed by atoms with Crippen LogP contribution >= 0.6 is 0 Å². The molecule has 0 aromatic heterocycles. The molecular formula is C10H21NO. The van der Waals surface area contributed by atoms with Crippen molar-refractivity contribution in [2.45, 2.75) is 39.2 Å². The van der Waals surface area contributed by atoms with Crippen LogP contribution < -0.4 is 5.32 Å². The second kappa shape index (κ2) is 5.55. The van der Waals surface area contributed by atoms with Gasteiger partial charge in [-0.2, -0.15) is 0 Å². The Morgan fingerprint density at radius 1 is 1.58 bits per heavy atom. The standard InChI is InChI=1S/C10H21NO/c1-3-11-8-9(2)7-10-5-4-6-12-10/h9-11H,3-8H2,1-2H3. The van der Waals surface area contributed by atoms with Gasteiger partial charge in [-0.3, -0.25) is 0 Å². The Labute approximate surface area is 75.7 Å². The predicted molar refractivity (Wildman–Crippen MR) is 51.3 cm³/mol. The molecule has 72 valence electrons. The lowest BCUT2D eigenvalue weighted by Gasteiger charge is -2.15. The number of rotatable bonds is 5. The molecule has 2 nitrogen and oxygen atoms in total. The van der Waals surface area contributed by atoms with Gasteiger partial charge in [0.25, 0.3) is 0 Å². The third-order valence-corrected chi connectivity index (χ3v) is 2.43. The fourth-order valence-corrected chi connectivity index (χ4v) is 1.75. The van der Waals surface area contributed by atoms with Crippen LogP contribution in [0.3, 0.4) is 0 Å². The number of nitrogens with one attached hydrogen (secondary N) is 1. The lowest BCUT2D eigenvalue weighted by atomic mass is 10.0. The Balaban J connectivity index is 2.03. The van der Waals surface area contributed by atoms with Gasteiger partial charge in [0.05, 0.1) is 6.10 Å². The molecular weight excluding hydrogens is 150 g/mol. The summed E-state index contributed by atoms with van der Waals surface area (Å²) < 4.78 is 5.58. The minimum Gasteiger partial charge on any atom is -0.378 e. The molecule has 1 fully saturated rings. The van der Waals surface area contributed by atoms with Crippen molar-refractivity contribution in [1.29, 1.82) is 0 Å². The predicted octanol–water partition coefficient (Wildman–Crippen LogP) is 1.80. The van der Waals surface area contributed by atoms with Gasteiger partial charge in [0, 0.05) is 6.61 Å². The Morgan fingerprint density at radius 3 is 3.00 bits per heavy atom. The molecule has 0 aromatic carbocycles. The maximum atomic E-state index is 5.58. The zero-order valence-electron chi connectivity index (χ0n) is 8.31. The van der Waals surface area contributed by atoms with Crippen LogP contribution in [-0.4, -0.2) is 25.8 Å². The van der Waals surface area contributed by atoms with Gasteiger partial charge in [-0.1, -0.05) is 13.8 Å². The molecule has 0 aliphatic carbocycles. The molecule has 0 aromatic rings. The summed E-state index contributed by atoms with van der Waals surface area (Å²) in [5.74, 6) is 0.757. The first-order valence-corrected chi connectivity index (χ1v) is 5.15. The lowest BCUT2D eigenvalue weighted by Crippen LogP contribution is -2.23. The van der Waals surface area contributed by atoms with Crippen molar-refractivity contribution in [3.63, 3.8) is 0 Å². The monoisotopic (exact) mass is 171 g/mol. The maximum Gasteiger partial charge on any atom is 0.0579 e. The van der Waals surface area contributed by atoms with Gasteiger partial charge in [0.2, 0.25) is 0 Å². The Bertz CT molecular complexity index is 110. The zero-order valence-corrected chi connectivity index (χ0v) is 8.31. The fraction of sp³-hybridized carbons (Fsp3) is 1.00. The Kier molecular flexibility index (Phi) is 4.62. The summed E-state index contributed by atoms with van der Waals surface area (Å²) in [6, 6.07) is 0. The molecule has 2 atom stereocenters. The van der Waals surface area contributed by atoms with E-state index in [0.717, 1.165) is 25.6 Å². The molecule has 2 unspecified atom stereocenters. The fourth-order valence-electron chi connectivity index (χ4n) is 1.75. The van der Waals surface area contributed by atoms with E-state index in [-0.39, 0.29) is 0 Å². The maximum absolute atomic E-state index is 5.58. The third-order valence-electron chi connectivity index (χ3n) is 2.43. The van der Waals surface area contributed by atoms with E-state index in [1.807, 2.05) is 0 Å². The molecule has 1 N–H and O–H groups in total. The highest BCUT2D eigenvalue weighted by molar-refractivity contribution is 4.69. The van der Waals surface area contributed by atoms with E-state index in [9.17, 15) is 0 Å². The van der Waals surface area contributed by atoms with E-state index in [1.165, 1.54) is 19.3 Å². The summed E-state index contributed by atoms with van der Waals surface area (Å²) in [6.07, 6.45) is 4.32. The molecule has 12 heavy (non-hydrogen) atoms. The highest BCUT2D eigenvalue weighted by atomic mass is 16.5. The molecule has 0 saturated carbocycles. The van der Waals surface area contributed by atoms with E-state index in [2.05, 4.69) is 19.2 Å². The van der Waals surface area contributed by atoms with Crippen LogP contribution in [-0.2, 0) is 4.74 Å². The van der Waals surface area contributed by atoms with Crippen molar-refractivity contribution in [2.24, 2.45) is 5.92 Å². The first-order valence-electron chi connectivity index (χ1n) is 5.15. The van der Waals surface area contributed by atoms with Gasteiger partial charge in [-0.15, -0.1) is 0 Å². The summed E-state index contributed by atoms with van der Waals surface area (Å²) in [6.45, 7) is 7.65. The van der Waals surface area contributed by atoms with E-state index >= 15 is 0 Å². The molecule has 0 radical (unpaired) electrons. The van der Waals surface area contributed by atoms with E-state index < -0.39 is 0 Å². The Hall–Kier alpha value is -0.0800. The summed E-state index contributed by atoms with van der Waals surface area (Å²) in [5.41, 5.74) is 0. The van der Waals surface area contributed by atoms with Crippen LogP contribution in [0.2, 0.25) is 0 Å². The largest absolute Gasteiger partial charge is 0.378 e. The summed E-state index contributed by atoms with van der Waals surface area (Å²) in [4.78, 5) is 0. The van der Waals surface area contributed by atoms with Gasteiger partial charge < -0.3 is 10.1 Å². The van der Waals surface area contributed by atoms with E-state index in [0.29, 0.717) is 6.10 Å². The third kappa shape index (κ3) is 3.55. The highest BCUT2D eigenvalue weighted by Crippen LogP contribution is 2.19. The molecule has 2 heteroatoms. The second-order valence-electron chi connectivity index (χ2n) is 3.78. The average Bonchev–Trinajstić information content (AvgIpc) is 2.53. The minimum absolute atomic E-state index is 0.554. The van der Waals surface area contributed by atoms with Crippen molar-refractivity contribution >= 4 is 0 Å². The van der Waals surface area contributed by atoms with Gasteiger partial charge >= 0.3 is 0 Å².